The van der Waals surface area contributed by atoms with Gasteiger partial charge in [0.2, 0.25) is 0 Å². The molecule has 20 heavy (non-hydrogen) atoms. The fraction of sp³-hybridized carbons (Fsp3) is 0.429. The van der Waals surface area contributed by atoms with E-state index >= 15 is 0 Å². The van der Waals surface area contributed by atoms with Gasteiger partial charge in [-0.05, 0) is 18.1 Å². The van der Waals surface area contributed by atoms with Gasteiger partial charge in [0, 0.05) is 30.7 Å². The minimum Gasteiger partial charge on any atom is -0.324 e. The Balaban J connectivity index is 1.57. The highest BCUT2D eigenvalue weighted by Crippen LogP contribution is 2.23. The van der Waals surface area contributed by atoms with Crippen LogP contribution in [0, 0.1) is 0 Å². The number of benzene rings is 1. The topological polar surface area (TPSA) is 60.0 Å². The lowest BCUT2D eigenvalue weighted by atomic mass is 10.0. The predicted molar refractivity (Wildman–Crippen MR) is 78.3 cm³/mol. The van der Waals surface area contributed by atoms with Gasteiger partial charge in [0.05, 0.1) is 6.54 Å². The first-order valence-electron chi connectivity index (χ1n) is 6.83. The largest absolute Gasteiger partial charge is 0.324 e. The van der Waals surface area contributed by atoms with E-state index in [1.54, 1.807) is 6.33 Å². The van der Waals surface area contributed by atoms with E-state index in [9.17, 15) is 0 Å². The van der Waals surface area contributed by atoms with Crippen LogP contribution in [0.3, 0.4) is 0 Å². The van der Waals surface area contributed by atoms with E-state index in [2.05, 4.69) is 19.7 Å². The van der Waals surface area contributed by atoms with Crippen molar-refractivity contribution in [2.24, 2.45) is 5.73 Å². The van der Waals surface area contributed by atoms with E-state index in [0.29, 0.717) is 0 Å². The zero-order valence-electron chi connectivity index (χ0n) is 11.2. The molecule has 1 aromatic carbocycles. The van der Waals surface area contributed by atoms with Crippen LogP contribution in [0.1, 0.15) is 23.9 Å². The molecular weight excluding hydrogens is 274 g/mol. The van der Waals surface area contributed by atoms with Crippen LogP contribution in [-0.4, -0.2) is 32.8 Å². The van der Waals surface area contributed by atoms with E-state index in [0.717, 1.165) is 49.0 Å². The Hall–Kier alpha value is -1.43. The maximum atomic E-state index is 6.24. The number of fused-ring (bicyclic) bond motifs is 1. The third-order valence-corrected chi connectivity index (χ3v) is 4.12. The summed E-state index contributed by atoms with van der Waals surface area (Å²) in [6.07, 6.45) is 2.68. The summed E-state index contributed by atoms with van der Waals surface area (Å²) in [5, 5.41) is 8.81. The van der Waals surface area contributed by atoms with Crippen molar-refractivity contribution in [2.45, 2.75) is 25.6 Å². The fourth-order valence-corrected chi connectivity index (χ4v) is 2.84. The standard InChI is InChI=1S/C14H18ClN5/c15-12-4-2-1-3-11(12)13(16)5-6-19-7-8-20-10-17-18-14(20)9-19/h1-4,10,13H,5-9,16H2. The van der Waals surface area contributed by atoms with Crippen LogP contribution in [0.4, 0.5) is 0 Å². The Bertz CT molecular complexity index is 582. The number of hydrogen-bond donors (Lipinski definition) is 1. The van der Waals surface area contributed by atoms with Crippen molar-refractivity contribution in [2.75, 3.05) is 13.1 Å². The van der Waals surface area contributed by atoms with Gasteiger partial charge in [-0.25, -0.2) is 0 Å². The summed E-state index contributed by atoms with van der Waals surface area (Å²) in [4.78, 5) is 2.36. The summed E-state index contributed by atoms with van der Waals surface area (Å²) in [5.74, 6) is 1.03. The minimum atomic E-state index is -0.0245. The molecule has 2 heterocycles. The molecule has 2 aromatic rings. The molecule has 1 atom stereocenters. The molecule has 1 aromatic heterocycles. The minimum absolute atomic E-state index is 0.0245. The summed E-state index contributed by atoms with van der Waals surface area (Å²) in [7, 11) is 0. The lowest BCUT2D eigenvalue weighted by Crippen LogP contribution is -2.35. The number of halogens is 1. The molecule has 5 nitrogen and oxygen atoms in total. The fourth-order valence-electron chi connectivity index (χ4n) is 2.56. The Morgan fingerprint density at radius 1 is 1.30 bits per heavy atom. The average Bonchev–Trinajstić information content (AvgIpc) is 2.92. The number of hydrogen-bond acceptors (Lipinski definition) is 4. The van der Waals surface area contributed by atoms with E-state index in [4.69, 9.17) is 17.3 Å². The molecule has 1 aliphatic heterocycles. The summed E-state index contributed by atoms with van der Waals surface area (Å²) in [6, 6.07) is 7.77. The molecule has 1 unspecified atom stereocenters. The van der Waals surface area contributed by atoms with Gasteiger partial charge in [-0.15, -0.1) is 10.2 Å². The van der Waals surface area contributed by atoms with Crippen LogP contribution >= 0.6 is 11.6 Å². The molecule has 106 valence electrons. The van der Waals surface area contributed by atoms with Gasteiger partial charge >= 0.3 is 0 Å². The van der Waals surface area contributed by atoms with Crippen LogP contribution in [0.25, 0.3) is 0 Å². The molecule has 0 radical (unpaired) electrons. The summed E-state index contributed by atoms with van der Waals surface area (Å²) < 4.78 is 2.10. The molecule has 1 aliphatic rings. The maximum absolute atomic E-state index is 6.24. The summed E-state index contributed by atoms with van der Waals surface area (Å²) in [5.41, 5.74) is 7.27. The highest BCUT2D eigenvalue weighted by Gasteiger charge is 2.18. The molecule has 0 aliphatic carbocycles. The van der Waals surface area contributed by atoms with Crippen LogP contribution in [0.15, 0.2) is 30.6 Å². The molecule has 0 saturated heterocycles. The SMILES string of the molecule is NC(CCN1CCn2cnnc2C1)c1ccccc1Cl. The van der Waals surface area contributed by atoms with Gasteiger partial charge in [0.1, 0.15) is 12.2 Å². The van der Waals surface area contributed by atoms with E-state index in [-0.39, 0.29) is 6.04 Å². The Morgan fingerprint density at radius 2 is 2.15 bits per heavy atom. The van der Waals surface area contributed by atoms with Gasteiger partial charge in [0.25, 0.3) is 0 Å². The molecular formula is C14H18ClN5. The van der Waals surface area contributed by atoms with E-state index in [1.807, 2.05) is 24.3 Å². The van der Waals surface area contributed by atoms with Gasteiger partial charge < -0.3 is 10.3 Å². The predicted octanol–water partition coefficient (Wildman–Crippen LogP) is 1.84. The quantitative estimate of drug-likeness (QED) is 0.934. The first-order valence-corrected chi connectivity index (χ1v) is 7.21. The van der Waals surface area contributed by atoms with Crippen molar-refractivity contribution in [3.8, 4) is 0 Å². The lowest BCUT2D eigenvalue weighted by molar-refractivity contribution is 0.210. The second-order valence-corrected chi connectivity index (χ2v) is 5.54. The third-order valence-electron chi connectivity index (χ3n) is 3.78. The van der Waals surface area contributed by atoms with Crippen LogP contribution in [0.5, 0.6) is 0 Å². The normalized spacial score (nSPS) is 16.9. The van der Waals surface area contributed by atoms with Gasteiger partial charge in [-0.1, -0.05) is 29.8 Å². The maximum Gasteiger partial charge on any atom is 0.147 e. The summed E-state index contributed by atoms with van der Waals surface area (Å²) >= 11 is 6.18. The van der Waals surface area contributed by atoms with Crippen molar-refractivity contribution in [3.05, 3.63) is 47.0 Å². The monoisotopic (exact) mass is 291 g/mol. The van der Waals surface area contributed by atoms with Crippen molar-refractivity contribution in [3.63, 3.8) is 0 Å². The van der Waals surface area contributed by atoms with E-state index in [1.165, 1.54) is 0 Å². The molecule has 2 N–H and O–H groups in total. The second kappa shape index (κ2) is 5.91. The van der Waals surface area contributed by atoms with Crippen molar-refractivity contribution in [1.29, 1.82) is 0 Å². The van der Waals surface area contributed by atoms with Crippen LogP contribution in [0.2, 0.25) is 5.02 Å². The van der Waals surface area contributed by atoms with Crippen molar-refractivity contribution < 1.29 is 0 Å². The smallest absolute Gasteiger partial charge is 0.147 e. The number of aromatic nitrogens is 3. The van der Waals surface area contributed by atoms with Crippen LogP contribution in [-0.2, 0) is 13.1 Å². The van der Waals surface area contributed by atoms with Gasteiger partial charge in [-0.3, -0.25) is 4.90 Å². The molecule has 0 bridgehead atoms. The Morgan fingerprint density at radius 3 is 3.00 bits per heavy atom. The molecule has 6 heteroatoms. The lowest BCUT2D eigenvalue weighted by Gasteiger charge is -2.28. The molecule has 0 amide bonds. The van der Waals surface area contributed by atoms with E-state index < -0.39 is 0 Å². The highest BCUT2D eigenvalue weighted by atomic mass is 35.5. The molecule has 0 saturated carbocycles. The molecule has 0 spiro atoms. The highest BCUT2D eigenvalue weighted by molar-refractivity contribution is 6.31. The zero-order valence-corrected chi connectivity index (χ0v) is 12.0. The second-order valence-electron chi connectivity index (χ2n) is 5.13. The van der Waals surface area contributed by atoms with Gasteiger partial charge in [-0.2, -0.15) is 0 Å². The van der Waals surface area contributed by atoms with Crippen molar-refractivity contribution >= 4 is 11.6 Å². The number of nitrogens with zero attached hydrogens (tertiary/aromatic N) is 4. The first kappa shape index (κ1) is 13.5. The third kappa shape index (κ3) is 2.85. The number of rotatable bonds is 4. The molecule has 0 fully saturated rings. The summed E-state index contributed by atoms with van der Waals surface area (Å²) in [6.45, 7) is 3.75. The molecule has 3 rings (SSSR count). The number of nitrogens with two attached hydrogens (primary N) is 1. The zero-order chi connectivity index (χ0) is 13.9. The van der Waals surface area contributed by atoms with Crippen molar-refractivity contribution in [1.82, 2.24) is 19.7 Å². The Labute approximate surface area is 123 Å². The first-order chi connectivity index (χ1) is 9.74. The van der Waals surface area contributed by atoms with Crippen LogP contribution < -0.4 is 5.73 Å². The van der Waals surface area contributed by atoms with Gasteiger partial charge in [0.15, 0.2) is 0 Å². The average molecular weight is 292 g/mol. The Kier molecular flexibility index (Phi) is 4.00.